The van der Waals surface area contributed by atoms with Crippen molar-refractivity contribution in [3.63, 3.8) is 0 Å². The van der Waals surface area contributed by atoms with Gasteiger partial charge in [-0.1, -0.05) is 12.1 Å². The van der Waals surface area contributed by atoms with Crippen LogP contribution in [0.1, 0.15) is 52.6 Å². The van der Waals surface area contributed by atoms with E-state index in [1.54, 1.807) is 36.7 Å². The fourth-order valence-corrected chi connectivity index (χ4v) is 5.96. The summed E-state index contributed by atoms with van der Waals surface area (Å²) in [7, 11) is -4.20. The number of carbonyl (C=O) groups is 4. The fourth-order valence-electron chi connectivity index (χ4n) is 4.65. The van der Waals surface area contributed by atoms with Crippen LogP contribution < -0.4 is 0 Å². The molecule has 0 aliphatic carbocycles. The van der Waals surface area contributed by atoms with Crippen molar-refractivity contribution in [2.45, 2.75) is 22.9 Å². The summed E-state index contributed by atoms with van der Waals surface area (Å²) in [6.07, 6.45) is 6.22. The Morgan fingerprint density at radius 2 is 0.974 bits per heavy atom. The Hall–Kier alpha value is -5.03. The molecule has 10 nitrogen and oxygen atoms in total. The molecule has 0 fully saturated rings. The third kappa shape index (κ3) is 3.99. The van der Waals surface area contributed by atoms with Crippen molar-refractivity contribution in [1.82, 2.24) is 19.8 Å². The lowest BCUT2D eigenvalue weighted by atomic mass is 10.1. The second kappa shape index (κ2) is 9.07. The van der Waals surface area contributed by atoms with Crippen molar-refractivity contribution in [1.29, 1.82) is 0 Å². The summed E-state index contributed by atoms with van der Waals surface area (Å²) in [5.74, 6) is -2.29. The summed E-state index contributed by atoms with van der Waals surface area (Å²) in [6, 6.07) is 14.3. The Kier molecular flexibility index (Phi) is 5.65. The van der Waals surface area contributed by atoms with Gasteiger partial charge in [-0.3, -0.25) is 38.9 Å². The average Bonchev–Trinajstić information content (AvgIpc) is 3.34. The highest BCUT2D eigenvalue weighted by Gasteiger charge is 2.39. The number of hydrogen-bond acceptors (Lipinski definition) is 8. The van der Waals surface area contributed by atoms with Crippen LogP contribution in [0.15, 0.2) is 95.2 Å². The number of carbonyl (C=O) groups excluding carboxylic acids is 4. The maximum Gasteiger partial charge on any atom is 0.261 e. The Morgan fingerprint density at radius 1 is 0.564 bits per heavy atom. The second-order valence-corrected chi connectivity index (χ2v) is 11.0. The SMILES string of the molecule is O=C1c2ccc(S(=O)(=O)c3ccc4c(c3)C(=O)N(Cc3cccnc3)C4=O)cc2C(=O)N1Cc1cccnc1. The number of pyridine rings is 2. The Labute approximate surface area is 222 Å². The van der Waals surface area contributed by atoms with Crippen LogP contribution in [0.2, 0.25) is 0 Å². The highest BCUT2D eigenvalue weighted by atomic mass is 32.2. The molecule has 4 aromatic rings. The topological polar surface area (TPSA) is 135 Å². The molecule has 0 spiro atoms. The molecule has 0 bridgehead atoms. The summed E-state index contributed by atoms with van der Waals surface area (Å²) >= 11 is 0. The van der Waals surface area contributed by atoms with Crippen molar-refractivity contribution in [3.05, 3.63) is 119 Å². The van der Waals surface area contributed by atoms with Crippen LogP contribution in [0, 0.1) is 0 Å². The summed E-state index contributed by atoms with van der Waals surface area (Å²) < 4.78 is 27.0. The maximum absolute atomic E-state index is 13.5. The van der Waals surface area contributed by atoms with Gasteiger partial charge in [-0.15, -0.1) is 0 Å². The Bertz CT molecular complexity index is 1680. The molecular formula is C28H18N4O6S. The van der Waals surface area contributed by atoms with Gasteiger partial charge in [0.05, 0.1) is 45.1 Å². The fraction of sp³-hybridized carbons (Fsp3) is 0.0714. The number of rotatable bonds is 6. The Balaban J connectivity index is 1.30. The van der Waals surface area contributed by atoms with E-state index in [1.165, 1.54) is 48.8 Å². The zero-order chi connectivity index (χ0) is 27.3. The molecule has 0 atom stereocenters. The lowest BCUT2D eigenvalue weighted by Crippen LogP contribution is -2.29. The standard InChI is InChI=1S/C28H18N4O6S/c33-25-21-7-5-19(11-23(21)27(35)31(25)15-17-3-1-9-29-13-17)39(37,38)20-6-8-22-24(12-20)28(36)32(26(22)34)16-18-4-2-10-30-14-18/h1-14H,15-16H2. The number of amides is 4. The lowest BCUT2D eigenvalue weighted by Gasteiger charge is -2.13. The largest absolute Gasteiger partial charge is 0.270 e. The van der Waals surface area contributed by atoms with E-state index in [-0.39, 0.29) is 45.1 Å². The van der Waals surface area contributed by atoms with Gasteiger partial charge in [0.2, 0.25) is 9.84 Å². The molecule has 0 saturated heterocycles. The highest BCUT2D eigenvalue weighted by Crippen LogP contribution is 2.32. The number of sulfone groups is 1. The van der Waals surface area contributed by atoms with Crippen LogP contribution in [0.4, 0.5) is 0 Å². The number of imide groups is 2. The molecule has 2 aromatic heterocycles. The number of hydrogen-bond donors (Lipinski definition) is 0. The lowest BCUT2D eigenvalue weighted by molar-refractivity contribution is 0.0627. The van der Waals surface area contributed by atoms with Crippen LogP contribution in [0.3, 0.4) is 0 Å². The predicted molar refractivity (Wildman–Crippen MR) is 135 cm³/mol. The molecule has 2 aromatic carbocycles. The van der Waals surface area contributed by atoms with Crippen LogP contribution in [0.5, 0.6) is 0 Å². The number of nitrogens with zero attached hydrogens (tertiary/aromatic N) is 4. The van der Waals surface area contributed by atoms with Crippen molar-refractivity contribution in [2.24, 2.45) is 0 Å². The summed E-state index contributed by atoms with van der Waals surface area (Å²) in [4.78, 5) is 61.4. The predicted octanol–water partition coefficient (Wildman–Crippen LogP) is 2.90. The number of aromatic nitrogens is 2. The van der Waals surface area contributed by atoms with Crippen LogP contribution >= 0.6 is 0 Å². The molecule has 0 N–H and O–H groups in total. The van der Waals surface area contributed by atoms with Crippen LogP contribution in [0.25, 0.3) is 0 Å². The van der Waals surface area contributed by atoms with E-state index in [0.29, 0.717) is 11.1 Å². The first-order valence-corrected chi connectivity index (χ1v) is 13.3. The Morgan fingerprint density at radius 3 is 1.36 bits per heavy atom. The third-order valence-electron chi connectivity index (χ3n) is 6.63. The zero-order valence-electron chi connectivity index (χ0n) is 20.1. The minimum Gasteiger partial charge on any atom is -0.270 e. The second-order valence-electron chi connectivity index (χ2n) is 9.03. The molecule has 0 saturated carbocycles. The van der Waals surface area contributed by atoms with E-state index in [1.807, 2.05) is 0 Å². The summed E-state index contributed by atoms with van der Waals surface area (Å²) in [5.41, 5.74) is 1.44. The molecule has 4 heterocycles. The van der Waals surface area contributed by atoms with Gasteiger partial charge in [0.15, 0.2) is 0 Å². The first-order valence-electron chi connectivity index (χ1n) is 11.8. The minimum absolute atomic E-state index is 0.00121. The molecule has 39 heavy (non-hydrogen) atoms. The highest BCUT2D eigenvalue weighted by molar-refractivity contribution is 7.91. The van der Waals surface area contributed by atoms with Crippen LogP contribution in [-0.2, 0) is 22.9 Å². The van der Waals surface area contributed by atoms with Crippen LogP contribution in [-0.4, -0.2) is 51.8 Å². The van der Waals surface area contributed by atoms with Gasteiger partial charge < -0.3 is 0 Å². The minimum atomic E-state index is -4.20. The van der Waals surface area contributed by atoms with Crippen molar-refractivity contribution >= 4 is 33.5 Å². The van der Waals surface area contributed by atoms with E-state index in [9.17, 15) is 27.6 Å². The van der Waals surface area contributed by atoms with Crippen molar-refractivity contribution < 1.29 is 27.6 Å². The molecule has 2 aliphatic heterocycles. The molecule has 2 aliphatic rings. The molecule has 4 amide bonds. The molecule has 192 valence electrons. The molecule has 0 radical (unpaired) electrons. The first-order chi connectivity index (χ1) is 18.8. The van der Waals surface area contributed by atoms with Gasteiger partial charge in [-0.2, -0.15) is 0 Å². The van der Waals surface area contributed by atoms with Crippen molar-refractivity contribution in [2.75, 3.05) is 0 Å². The summed E-state index contributed by atoms with van der Waals surface area (Å²) in [5, 5.41) is 0. The maximum atomic E-state index is 13.5. The monoisotopic (exact) mass is 538 g/mol. The number of fused-ring (bicyclic) bond motifs is 2. The van der Waals surface area contributed by atoms with Crippen molar-refractivity contribution in [3.8, 4) is 0 Å². The normalized spacial score (nSPS) is 14.7. The zero-order valence-corrected chi connectivity index (χ0v) is 21.0. The van der Waals surface area contributed by atoms with Gasteiger partial charge in [-0.25, -0.2) is 8.42 Å². The van der Waals surface area contributed by atoms with Gasteiger partial charge in [0.25, 0.3) is 23.6 Å². The van der Waals surface area contributed by atoms with Gasteiger partial charge >= 0.3 is 0 Å². The van der Waals surface area contributed by atoms with E-state index in [0.717, 1.165) is 9.80 Å². The van der Waals surface area contributed by atoms with E-state index in [2.05, 4.69) is 9.97 Å². The number of benzene rings is 2. The molecule has 0 unspecified atom stereocenters. The van der Waals surface area contributed by atoms with E-state index < -0.39 is 33.5 Å². The van der Waals surface area contributed by atoms with Gasteiger partial charge in [0, 0.05) is 24.8 Å². The van der Waals surface area contributed by atoms with E-state index in [4.69, 9.17) is 0 Å². The molecular weight excluding hydrogens is 520 g/mol. The molecule has 11 heteroatoms. The average molecular weight is 539 g/mol. The third-order valence-corrected chi connectivity index (χ3v) is 8.38. The van der Waals surface area contributed by atoms with Gasteiger partial charge in [-0.05, 0) is 59.7 Å². The smallest absolute Gasteiger partial charge is 0.261 e. The first kappa shape index (κ1) is 24.3. The van der Waals surface area contributed by atoms with E-state index >= 15 is 0 Å². The van der Waals surface area contributed by atoms with Gasteiger partial charge in [0.1, 0.15) is 0 Å². The molecule has 6 rings (SSSR count). The summed E-state index contributed by atoms with van der Waals surface area (Å²) in [6.45, 7) is -0.00243. The quantitative estimate of drug-likeness (QED) is 0.342.